The molecule has 2 aliphatic carbocycles. The van der Waals surface area contributed by atoms with Crippen molar-refractivity contribution in [1.29, 1.82) is 0 Å². The SMILES string of the molecule is [2H]C([2H])(C)N(CCN(C(=O)Cn1c(SCc2ccc(F)cc2)nc(=O)c2c1CCC2)C([2H])(C)c1ccc(-c2ccc(C(F)(F)F)cc2)cc1)C([2H])([2H])C.[2H]c1c([2H])c(CSc2nc(=O)c3c(n2CC(=O)N(CCN(C([2H])([2H])C)C([2H])([2H])C)C([2H])([2H])c2c([2H])c([2H])c(-c4c([2H])c([2H])c(C(F)(F)F)c([2H])c4[2H])c([2H])c2[2H])C([2H])([2H])C([2H])(C)C3([2H])[2H])c([2H])c([2H])c1F. The number of alkyl halides is 6. The molecule has 2 heterocycles. The predicted octanol–water partition coefficient (Wildman–Crippen LogP) is 15.2. The van der Waals surface area contributed by atoms with Gasteiger partial charge < -0.3 is 28.7 Å². The Morgan fingerprint density at radius 1 is 0.594 bits per heavy atom. The van der Waals surface area contributed by atoms with Crippen LogP contribution in [0.4, 0.5) is 35.1 Å². The quantitative estimate of drug-likeness (QED) is 0.0295. The van der Waals surface area contributed by atoms with Gasteiger partial charge in [0.2, 0.25) is 11.8 Å². The van der Waals surface area contributed by atoms with Crippen molar-refractivity contribution < 1.29 is 83.1 Å². The highest BCUT2D eigenvalue weighted by Crippen LogP contribution is 2.35. The first-order chi connectivity index (χ1) is 56.6. The number of hydrogen-bond donors (Lipinski definition) is 0. The van der Waals surface area contributed by atoms with E-state index in [-0.39, 0.29) is 35.2 Å². The molecule has 22 heteroatoms. The zero-order chi connectivity index (χ0) is 93.7. The number of rotatable bonds is 26. The fourth-order valence-electron chi connectivity index (χ4n) is 9.90. The molecule has 0 spiro atoms. The topological polar surface area (TPSA) is 117 Å². The van der Waals surface area contributed by atoms with Crippen molar-refractivity contribution in [2.75, 3.05) is 52.2 Å². The summed E-state index contributed by atoms with van der Waals surface area (Å²) in [6, 6.07) is -0.699. The number of aromatic nitrogens is 4. The normalized spacial score (nSPS) is 21.0. The van der Waals surface area contributed by atoms with Gasteiger partial charge >= 0.3 is 12.4 Å². The van der Waals surface area contributed by atoms with Crippen LogP contribution in [0.3, 0.4) is 0 Å². The van der Waals surface area contributed by atoms with Gasteiger partial charge in [-0.15, -0.1) is 0 Å². The second kappa shape index (κ2) is 32.9. The minimum Gasteiger partial charge on any atom is -0.336 e. The molecule has 508 valence electrons. The molecule has 8 aromatic rings. The van der Waals surface area contributed by atoms with Crippen LogP contribution < -0.4 is 11.1 Å². The fourth-order valence-corrected chi connectivity index (χ4v) is 11.7. The molecule has 12 nitrogen and oxygen atoms in total. The Morgan fingerprint density at radius 2 is 1.09 bits per heavy atom. The fraction of sp³-hybridized carbons (Fsp3) is 0.378. The van der Waals surface area contributed by atoms with E-state index >= 15 is 4.79 Å². The van der Waals surface area contributed by atoms with E-state index in [0.717, 1.165) is 43.4 Å². The smallest absolute Gasteiger partial charge is 0.336 e. The van der Waals surface area contributed by atoms with E-state index in [1.54, 1.807) is 41.0 Å². The summed E-state index contributed by atoms with van der Waals surface area (Å²) in [6.07, 6.45) is -14.7. The zero-order valence-electron chi connectivity index (χ0n) is 80.3. The van der Waals surface area contributed by atoms with Crippen molar-refractivity contribution in [2.45, 2.75) is 133 Å². The monoisotopic (exact) mass is 1390 g/mol. The molecule has 0 bridgehead atoms. The Bertz CT molecular complexity index is 5480. The number of amides is 2. The standard InChI is InChI=1S/2C37H40F4N4O2S/c1-4-43(5-2)18-19-44(22-26-6-10-28(11-7-26)29-12-14-30(15-13-29)37(39,40)41)34(46)23-45-33-21-25(3)20-32(33)35(47)42-36(45)48-24-27-8-16-31(38)17-9-27;1-4-43(5-2)21-22-44(25(3)27-11-13-28(14-12-27)29-15-17-30(18-16-29)37(39,40)41)34(46)23-45-33-8-6-7-32(33)35(47)42-36(45)48-24-26-9-19-31(38)20-10-26/h6-17,25H,4-5,18-24H2,1-3H3;9-20,25H,4-8,21-24H2,1-3H3/i4D2,5D2,6D,7D,8D,9D,10D,11D,12D,13D,14D,15D,16D,17D,20D2,21D2,22D2,25D;4D2,5D2,25D. The van der Waals surface area contributed by atoms with Crippen LogP contribution in [-0.4, -0.2) is 103 Å². The number of nitrogens with zero attached hydrogens (tertiary/aromatic N) is 8. The van der Waals surface area contributed by atoms with E-state index in [4.69, 9.17) is 34.3 Å². The van der Waals surface area contributed by atoms with Gasteiger partial charge in [-0.3, -0.25) is 19.2 Å². The first kappa shape index (κ1) is 43.4. The minimum absolute atomic E-state index is 0.107. The molecule has 2 atom stereocenters. The van der Waals surface area contributed by atoms with Crippen LogP contribution in [0.25, 0.3) is 22.3 Å². The molecule has 2 aromatic heterocycles. The first-order valence-corrected chi connectivity index (χ1v) is 31.3. The summed E-state index contributed by atoms with van der Waals surface area (Å²) in [4.78, 5) is 67.2. The summed E-state index contributed by atoms with van der Waals surface area (Å²) in [5.74, 6) is -7.45. The Labute approximate surface area is 603 Å². The number of carbonyl (C=O) groups excluding carboxylic acids is 2. The second-order valence-electron chi connectivity index (χ2n) is 21.1. The molecule has 0 aliphatic heterocycles. The van der Waals surface area contributed by atoms with Gasteiger partial charge in [-0.1, -0.05) is 155 Å². The number of fused-ring (bicyclic) bond motifs is 2. The van der Waals surface area contributed by atoms with Crippen molar-refractivity contribution in [2.24, 2.45) is 5.89 Å². The Balaban J connectivity index is 0.000000293. The maximum absolute atomic E-state index is 15.0. The van der Waals surface area contributed by atoms with Crippen LogP contribution in [0.2, 0.25) is 0 Å². The highest BCUT2D eigenvalue weighted by molar-refractivity contribution is 7.98. The molecule has 2 unspecified atom stereocenters. The number of halogens is 8. The number of likely N-dealkylation sites (N-methyl/N-ethyl adjacent to an activating group) is 2. The van der Waals surface area contributed by atoms with Crippen LogP contribution in [0, 0.1) is 17.5 Å². The molecule has 6 aromatic carbocycles. The van der Waals surface area contributed by atoms with Crippen LogP contribution in [0.15, 0.2) is 165 Å². The van der Waals surface area contributed by atoms with Gasteiger partial charge in [-0.2, -0.15) is 36.3 Å². The number of hydrogen-bond acceptors (Lipinski definition) is 10. The third kappa shape index (κ3) is 18.8. The van der Waals surface area contributed by atoms with Crippen molar-refractivity contribution in [1.82, 2.24) is 38.7 Å². The number of carbonyl (C=O) groups is 2. The lowest BCUT2D eigenvalue weighted by atomic mass is 9.99. The maximum atomic E-state index is 15.0. The predicted molar refractivity (Wildman–Crippen MR) is 362 cm³/mol. The van der Waals surface area contributed by atoms with E-state index in [9.17, 15) is 53.6 Å². The van der Waals surface area contributed by atoms with Gasteiger partial charge in [0.05, 0.1) is 37.7 Å². The van der Waals surface area contributed by atoms with Crippen LogP contribution in [0.1, 0.15) is 148 Å². The Kier molecular flexibility index (Phi) is 14.9. The zero-order valence-corrected chi connectivity index (χ0v) is 53.9. The average molecular weight is 1390 g/mol. The van der Waals surface area contributed by atoms with Crippen molar-refractivity contribution in [3.8, 4) is 22.3 Å². The summed E-state index contributed by atoms with van der Waals surface area (Å²) in [5, 5.41) is -0.500. The maximum Gasteiger partial charge on any atom is 0.416 e. The molecule has 0 saturated heterocycles. The molecular formula is C74H80F8N8O4S2. The van der Waals surface area contributed by atoms with E-state index in [0.29, 0.717) is 74.2 Å². The van der Waals surface area contributed by atoms with E-state index < -0.39 is 246 Å². The third-order valence-corrected chi connectivity index (χ3v) is 16.9. The first-order valence-electron chi connectivity index (χ1n) is 43.4. The van der Waals surface area contributed by atoms with Gasteiger partial charge in [-0.05, 0) is 164 Å². The molecular weight excluding hydrogens is 1280 g/mol. The highest BCUT2D eigenvalue weighted by Gasteiger charge is 2.33. The van der Waals surface area contributed by atoms with Gasteiger partial charge in [-0.25, -0.2) is 8.78 Å². The largest absolute Gasteiger partial charge is 0.416 e. The number of thioether (sulfide) groups is 2. The molecule has 0 N–H and O–H groups in total. The lowest BCUT2D eigenvalue weighted by Crippen LogP contribution is -2.42. The summed E-state index contributed by atoms with van der Waals surface area (Å²) < 4.78 is 350. The van der Waals surface area contributed by atoms with E-state index in [1.807, 2.05) is 0 Å². The average Bonchev–Trinajstić information content (AvgIpc) is 1.51. The van der Waals surface area contributed by atoms with Gasteiger partial charge in [0.15, 0.2) is 10.3 Å². The van der Waals surface area contributed by atoms with E-state index in [2.05, 4.69) is 9.97 Å². The molecule has 0 fully saturated rings. The summed E-state index contributed by atoms with van der Waals surface area (Å²) in [7, 11) is 0. The van der Waals surface area contributed by atoms with Crippen LogP contribution >= 0.6 is 23.5 Å². The molecule has 0 radical (unpaired) electrons. The Hall–Kier alpha value is -7.92. The van der Waals surface area contributed by atoms with Crippen molar-refractivity contribution >= 4 is 35.3 Å². The van der Waals surface area contributed by atoms with E-state index in [1.165, 1.54) is 61.7 Å². The highest BCUT2D eigenvalue weighted by atomic mass is 32.2. The summed E-state index contributed by atoms with van der Waals surface area (Å²) in [6.45, 7) is -11.2. The molecule has 0 saturated carbocycles. The lowest BCUT2D eigenvalue weighted by molar-refractivity contribution is -0.138. The van der Waals surface area contributed by atoms with Crippen molar-refractivity contribution in [3.63, 3.8) is 0 Å². The van der Waals surface area contributed by atoms with Crippen LogP contribution in [0.5, 0.6) is 0 Å². The molecule has 96 heavy (non-hydrogen) atoms. The second-order valence-corrected chi connectivity index (χ2v) is 23.0. The lowest BCUT2D eigenvalue weighted by Gasteiger charge is -2.33. The van der Waals surface area contributed by atoms with Gasteiger partial charge in [0, 0.05) is 84.5 Å². The third-order valence-electron chi connectivity index (χ3n) is 14.9. The van der Waals surface area contributed by atoms with Gasteiger partial charge in [0.25, 0.3) is 11.1 Å². The summed E-state index contributed by atoms with van der Waals surface area (Å²) in [5.41, 5.74) is -7.62. The molecule has 10 rings (SSSR count). The van der Waals surface area contributed by atoms with Crippen LogP contribution in [-0.2, 0) is 78.6 Å². The summed E-state index contributed by atoms with van der Waals surface area (Å²) >= 11 is 1.51. The minimum atomic E-state index is -5.44. The van der Waals surface area contributed by atoms with Gasteiger partial charge in [0.1, 0.15) is 24.7 Å². The molecule has 2 aliphatic rings. The Morgan fingerprint density at radius 3 is 1.66 bits per heavy atom. The van der Waals surface area contributed by atoms with Crippen molar-refractivity contribution in [3.05, 3.63) is 234 Å². The number of benzene rings is 6. The molecule has 2 amide bonds.